The molecular formula is C14H19Cl2N. The van der Waals surface area contributed by atoms with E-state index in [0.717, 1.165) is 16.6 Å². The molecule has 0 heterocycles. The van der Waals surface area contributed by atoms with E-state index in [-0.39, 0.29) is 0 Å². The van der Waals surface area contributed by atoms with Gasteiger partial charge in [0.05, 0.1) is 0 Å². The van der Waals surface area contributed by atoms with Gasteiger partial charge in [-0.15, -0.1) is 0 Å². The summed E-state index contributed by atoms with van der Waals surface area (Å²) in [6.07, 6.45) is 6.26. The van der Waals surface area contributed by atoms with Crippen molar-refractivity contribution in [3.05, 3.63) is 33.8 Å². The highest BCUT2D eigenvalue weighted by Gasteiger charge is 2.25. The standard InChI is InChI=1S/C14H19Cl2N/c15-11-6-7-14(16)13(8-11)12-5-3-1-2-4-10(12)9-17/h6-8,10,12H,1-5,9,17H2. The van der Waals surface area contributed by atoms with Crippen LogP contribution in [0.5, 0.6) is 0 Å². The number of rotatable bonds is 2. The van der Waals surface area contributed by atoms with Crippen LogP contribution in [0.1, 0.15) is 43.6 Å². The second kappa shape index (κ2) is 6.08. The van der Waals surface area contributed by atoms with E-state index in [0.29, 0.717) is 11.8 Å². The summed E-state index contributed by atoms with van der Waals surface area (Å²) in [7, 11) is 0. The van der Waals surface area contributed by atoms with Crippen molar-refractivity contribution in [2.24, 2.45) is 11.7 Å². The maximum atomic E-state index is 6.31. The molecule has 0 amide bonds. The lowest BCUT2D eigenvalue weighted by atomic mass is 9.82. The van der Waals surface area contributed by atoms with E-state index in [2.05, 4.69) is 0 Å². The Kier molecular flexibility index (Phi) is 4.72. The van der Waals surface area contributed by atoms with Crippen molar-refractivity contribution in [1.29, 1.82) is 0 Å². The van der Waals surface area contributed by atoms with Gasteiger partial charge in [0.1, 0.15) is 0 Å². The summed E-state index contributed by atoms with van der Waals surface area (Å²) < 4.78 is 0. The van der Waals surface area contributed by atoms with Crippen molar-refractivity contribution in [3.63, 3.8) is 0 Å². The SMILES string of the molecule is NCC1CCCCCC1c1cc(Cl)ccc1Cl. The van der Waals surface area contributed by atoms with E-state index in [1.54, 1.807) is 0 Å². The van der Waals surface area contributed by atoms with Gasteiger partial charge in [-0.05, 0) is 55.0 Å². The first-order valence-corrected chi connectivity index (χ1v) is 7.13. The highest BCUT2D eigenvalue weighted by molar-refractivity contribution is 6.33. The van der Waals surface area contributed by atoms with Crippen molar-refractivity contribution in [2.75, 3.05) is 6.54 Å². The van der Waals surface area contributed by atoms with Gasteiger partial charge in [-0.2, -0.15) is 0 Å². The quantitative estimate of drug-likeness (QED) is 0.781. The predicted octanol–water partition coefficient (Wildman–Crippen LogP) is 4.62. The predicted molar refractivity (Wildman–Crippen MR) is 74.8 cm³/mol. The summed E-state index contributed by atoms with van der Waals surface area (Å²) in [5, 5.41) is 1.60. The Morgan fingerprint density at radius 2 is 1.88 bits per heavy atom. The van der Waals surface area contributed by atoms with E-state index in [1.165, 1.54) is 37.7 Å². The molecule has 17 heavy (non-hydrogen) atoms. The highest BCUT2D eigenvalue weighted by Crippen LogP contribution is 2.39. The van der Waals surface area contributed by atoms with Gasteiger partial charge in [-0.1, -0.05) is 42.5 Å². The van der Waals surface area contributed by atoms with E-state index >= 15 is 0 Å². The molecule has 0 spiro atoms. The Bertz CT molecular complexity index is 378. The monoisotopic (exact) mass is 271 g/mol. The zero-order chi connectivity index (χ0) is 12.3. The first-order chi connectivity index (χ1) is 8.22. The fourth-order valence-corrected chi connectivity index (χ4v) is 3.31. The third kappa shape index (κ3) is 3.15. The van der Waals surface area contributed by atoms with Crippen molar-refractivity contribution in [1.82, 2.24) is 0 Å². The normalized spacial score (nSPS) is 25.6. The molecule has 0 saturated heterocycles. The van der Waals surface area contributed by atoms with Crippen LogP contribution in [0.2, 0.25) is 10.0 Å². The van der Waals surface area contributed by atoms with Crippen LogP contribution >= 0.6 is 23.2 Å². The Hall–Kier alpha value is -0.240. The lowest BCUT2D eigenvalue weighted by Crippen LogP contribution is -2.21. The smallest absolute Gasteiger partial charge is 0.0441 e. The summed E-state index contributed by atoms with van der Waals surface area (Å²) in [5.41, 5.74) is 7.10. The molecular weight excluding hydrogens is 253 g/mol. The minimum Gasteiger partial charge on any atom is -0.330 e. The minimum atomic E-state index is 0.480. The highest BCUT2D eigenvalue weighted by atomic mass is 35.5. The zero-order valence-corrected chi connectivity index (χ0v) is 11.5. The molecule has 1 aliphatic rings. The molecule has 1 aliphatic carbocycles. The van der Waals surface area contributed by atoms with Crippen LogP contribution in [0, 0.1) is 5.92 Å². The van der Waals surface area contributed by atoms with Crippen LogP contribution < -0.4 is 5.73 Å². The molecule has 0 radical (unpaired) electrons. The summed E-state index contributed by atoms with van der Waals surface area (Å²) >= 11 is 12.4. The first kappa shape index (κ1) is 13.2. The molecule has 2 atom stereocenters. The van der Waals surface area contributed by atoms with Crippen molar-refractivity contribution >= 4 is 23.2 Å². The first-order valence-electron chi connectivity index (χ1n) is 6.37. The molecule has 94 valence electrons. The van der Waals surface area contributed by atoms with Crippen LogP contribution in [-0.2, 0) is 0 Å². The van der Waals surface area contributed by atoms with Gasteiger partial charge >= 0.3 is 0 Å². The molecule has 3 heteroatoms. The summed E-state index contributed by atoms with van der Waals surface area (Å²) in [6.45, 7) is 0.744. The zero-order valence-electron chi connectivity index (χ0n) is 9.96. The molecule has 2 rings (SSSR count). The molecule has 1 saturated carbocycles. The summed E-state index contributed by atoms with van der Waals surface area (Å²) in [5.74, 6) is 1.03. The van der Waals surface area contributed by atoms with Gasteiger partial charge in [0.15, 0.2) is 0 Å². The maximum absolute atomic E-state index is 6.31. The van der Waals surface area contributed by atoms with Crippen molar-refractivity contribution < 1.29 is 0 Å². The number of hydrogen-bond acceptors (Lipinski definition) is 1. The Balaban J connectivity index is 2.31. The average molecular weight is 272 g/mol. The lowest BCUT2D eigenvalue weighted by molar-refractivity contribution is 0.408. The summed E-state index contributed by atoms with van der Waals surface area (Å²) in [6, 6.07) is 5.77. The largest absolute Gasteiger partial charge is 0.330 e. The minimum absolute atomic E-state index is 0.480. The topological polar surface area (TPSA) is 26.0 Å². The number of halogens is 2. The molecule has 0 bridgehead atoms. The summed E-state index contributed by atoms with van der Waals surface area (Å²) in [4.78, 5) is 0. The molecule has 1 aromatic carbocycles. The average Bonchev–Trinajstić information content (AvgIpc) is 2.57. The van der Waals surface area contributed by atoms with Gasteiger partial charge in [0.25, 0.3) is 0 Å². The van der Waals surface area contributed by atoms with Gasteiger partial charge in [0.2, 0.25) is 0 Å². The second-order valence-corrected chi connectivity index (χ2v) is 5.75. The van der Waals surface area contributed by atoms with E-state index in [4.69, 9.17) is 28.9 Å². The maximum Gasteiger partial charge on any atom is 0.0441 e. The van der Waals surface area contributed by atoms with Crippen LogP contribution in [0.3, 0.4) is 0 Å². The fraction of sp³-hybridized carbons (Fsp3) is 0.571. The molecule has 1 fully saturated rings. The second-order valence-electron chi connectivity index (χ2n) is 4.91. The molecule has 1 aromatic rings. The Morgan fingerprint density at radius 3 is 2.65 bits per heavy atom. The molecule has 1 nitrogen and oxygen atoms in total. The van der Waals surface area contributed by atoms with Gasteiger partial charge < -0.3 is 5.73 Å². The third-order valence-electron chi connectivity index (χ3n) is 3.82. The van der Waals surface area contributed by atoms with Crippen LogP contribution in [0.4, 0.5) is 0 Å². The fourth-order valence-electron chi connectivity index (χ4n) is 2.87. The van der Waals surface area contributed by atoms with Crippen LogP contribution in [-0.4, -0.2) is 6.54 Å². The van der Waals surface area contributed by atoms with E-state index in [1.807, 2.05) is 18.2 Å². The number of nitrogens with two attached hydrogens (primary N) is 1. The molecule has 0 aliphatic heterocycles. The van der Waals surface area contributed by atoms with E-state index in [9.17, 15) is 0 Å². The van der Waals surface area contributed by atoms with Crippen molar-refractivity contribution in [3.8, 4) is 0 Å². The third-order valence-corrected chi connectivity index (χ3v) is 4.40. The number of hydrogen-bond donors (Lipinski definition) is 1. The van der Waals surface area contributed by atoms with E-state index < -0.39 is 0 Å². The lowest BCUT2D eigenvalue weighted by Gasteiger charge is -2.25. The van der Waals surface area contributed by atoms with Gasteiger partial charge in [0, 0.05) is 10.0 Å². The number of benzene rings is 1. The van der Waals surface area contributed by atoms with Crippen LogP contribution in [0.25, 0.3) is 0 Å². The molecule has 2 unspecified atom stereocenters. The Morgan fingerprint density at radius 1 is 1.12 bits per heavy atom. The van der Waals surface area contributed by atoms with Gasteiger partial charge in [-0.25, -0.2) is 0 Å². The van der Waals surface area contributed by atoms with Crippen LogP contribution in [0.15, 0.2) is 18.2 Å². The molecule has 0 aromatic heterocycles. The van der Waals surface area contributed by atoms with Crippen molar-refractivity contribution in [2.45, 2.75) is 38.0 Å². The van der Waals surface area contributed by atoms with Gasteiger partial charge in [-0.3, -0.25) is 0 Å². The molecule has 2 N–H and O–H groups in total. The Labute approximate surface area is 113 Å².